The summed E-state index contributed by atoms with van der Waals surface area (Å²) in [4.78, 5) is 24.5. The molecule has 0 spiro atoms. The second-order valence-corrected chi connectivity index (χ2v) is 10.7. The molecule has 2 amide bonds. The third kappa shape index (κ3) is 6.86. The lowest BCUT2D eigenvalue weighted by atomic mass is 9.96. The number of alkyl halides is 3. The van der Waals surface area contributed by atoms with Crippen molar-refractivity contribution in [1.29, 1.82) is 0 Å². The Hall–Kier alpha value is -4.37. The van der Waals surface area contributed by atoms with Gasteiger partial charge in [0.15, 0.2) is 0 Å². The summed E-state index contributed by atoms with van der Waals surface area (Å²) in [5.74, 6) is -0.250. The molecule has 0 radical (unpaired) electrons. The Morgan fingerprint density at radius 1 is 1.07 bits per heavy atom. The van der Waals surface area contributed by atoms with Crippen molar-refractivity contribution in [3.8, 4) is 5.75 Å². The predicted molar refractivity (Wildman–Crippen MR) is 150 cm³/mol. The summed E-state index contributed by atoms with van der Waals surface area (Å²) >= 11 is 0. The molecule has 0 saturated heterocycles. The lowest BCUT2D eigenvalue weighted by Gasteiger charge is -2.23. The van der Waals surface area contributed by atoms with Gasteiger partial charge in [0.1, 0.15) is 11.9 Å². The van der Waals surface area contributed by atoms with Gasteiger partial charge >= 0.3 is 6.18 Å². The van der Waals surface area contributed by atoms with Gasteiger partial charge in [-0.1, -0.05) is 49.4 Å². The van der Waals surface area contributed by atoms with Gasteiger partial charge in [0.2, 0.25) is 5.91 Å². The molecule has 1 atom stereocenters. The van der Waals surface area contributed by atoms with Crippen LogP contribution >= 0.6 is 0 Å². The van der Waals surface area contributed by atoms with E-state index in [-0.39, 0.29) is 11.8 Å². The SMILES string of the molecule is CC1(COc2ccc(C(=CC=CC(=O)Nc3cccc4c3CC(O)C(=O)N4)c3ccc(C(F)(F)F)cc3)cc2)CC1. The number of carbonyl (C=O) groups excluding carboxylic acids is 2. The number of amides is 2. The Balaban J connectivity index is 1.36. The maximum atomic E-state index is 13.1. The monoisotopic (exact) mass is 562 g/mol. The van der Waals surface area contributed by atoms with E-state index in [4.69, 9.17) is 4.74 Å². The molecule has 1 unspecified atom stereocenters. The summed E-state index contributed by atoms with van der Waals surface area (Å²) in [5.41, 5.74) is 2.96. The number of ether oxygens (including phenoxy) is 1. The van der Waals surface area contributed by atoms with Gasteiger partial charge in [-0.25, -0.2) is 0 Å². The Bertz CT molecular complexity index is 1510. The van der Waals surface area contributed by atoms with Gasteiger partial charge in [-0.05, 0) is 65.9 Å². The summed E-state index contributed by atoms with van der Waals surface area (Å²) in [5, 5.41) is 15.3. The molecular weight excluding hydrogens is 533 g/mol. The minimum absolute atomic E-state index is 0.0677. The van der Waals surface area contributed by atoms with Gasteiger partial charge in [-0.15, -0.1) is 0 Å². The number of hydrogen-bond donors (Lipinski definition) is 3. The number of aliphatic hydroxyl groups is 1. The molecule has 212 valence electrons. The second kappa shape index (κ2) is 11.2. The van der Waals surface area contributed by atoms with Gasteiger partial charge in [-0.2, -0.15) is 13.2 Å². The molecule has 9 heteroatoms. The minimum atomic E-state index is -4.45. The number of benzene rings is 3. The van der Waals surface area contributed by atoms with E-state index >= 15 is 0 Å². The molecule has 1 aliphatic heterocycles. The Labute approximate surface area is 235 Å². The summed E-state index contributed by atoms with van der Waals surface area (Å²) < 4.78 is 45.3. The summed E-state index contributed by atoms with van der Waals surface area (Å²) in [6.45, 7) is 2.80. The topological polar surface area (TPSA) is 87.7 Å². The molecule has 1 saturated carbocycles. The van der Waals surface area contributed by atoms with Crippen LogP contribution in [-0.4, -0.2) is 29.6 Å². The van der Waals surface area contributed by atoms with E-state index in [9.17, 15) is 27.9 Å². The molecule has 0 bridgehead atoms. The normalized spacial score (nSPS) is 18.0. The highest BCUT2D eigenvalue weighted by Gasteiger charge is 2.38. The molecule has 5 rings (SSSR count). The highest BCUT2D eigenvalue weighted by Crippen LogP contribution is 2.45. The van der Waals surface area contributed by atoms with E-state index in [0.29, 0.717) is 40.4 Å². The second-order valence-electron chi connectivity index (χ2n) is 10.7. The van der Waals surface area contributed by atoms with E-state index in [2.05, 4.69) is 17.6 Å². The minimum Gasteiger partial charge on any atom is -0.493 e. The van der Waals surface area contributed by atoms with Crippen LogP contribution in [0.3, 0.4) is 0 Å². The first kappa shape index (κ1) is 28.2. The van der Waals surface area contributed by atoms with Crippen LogP contribution in [0.2, 0.25) is 0 Å². The van der Waals surface area contributed by atoms with Crippen molar-refractivity contribution < 1.29 is 32.6 Å². The zero-order valence-corrected chi connectivity index (χ0v) is 22.3. The fourth-order valence-corrected chi connectivity index (χ4v) is 4.49. The zero-order chi connectivity index (χ0) is 29.2. The molecule has 2 aliphatic rings. The number of anilines is 2. The fraction of sp³-hybridized carbons (Fsp3) is 0.250. The van der Waals surface area contributed by atoms with Crippen LogP contribution in [0.4, 0.5) is 24.5 Å². The maximum Gasteiger partial charge on any atom is 0.416 e. The van der Waals surface area contributed by atoms with Gasteiger partial charge < -0.3 is 20.5 Å². The van der Waals surface area contributed by atoms with Crippen LogP contribution in [0.5, 0.6) is 5.75 Å². The lowest BCUT2D eigenvalue weighted by molar-refractivity contribution is -0.137. The molecule has 3 N–H and O–H groups in total. The number of fused-ring (bicyclic) bond motifs is 1. The number of aliphatic hydroxyl groups excluding tert-OH is 1. The van der Waals surface area contributed by atoms with Crippen molar-refractivity contribution >= 4 is 28.8 Å². The standard InChI is InChI=1S/C32H29F3N2O4/c1-31(16-17-31)19-41-23-14-10-21(11-15-23)24(20-8-12-22(13-9-20)32(33,34)35)4-2-7-29(39)36-26-5-3-6-27-25(26)18-28(38)30(40)37-27/h2-15,28,38H,16-19H2,1H3,(H,36,39)(H,37,40). The van der Waals surface area contributed by atoms with Crippen molar-refractivity contribution in [2.75, 3.05) is 17.2 Å². The molecule has 3 aromatic rings. The molecule has 6 nitrogen and oxygen atoms in total. The van der Waals surface area contributed by atoms with E-state index in [1.54, 1.807) is 24.3 Å². The number of nitrogens with one attached hydrogen (secondary N) is 2. The quantitative estimate of drug-likeness (QED) is 0.220. The smallest absolute Gasteiger partial charge is 0.416 e. The lowest BCUT2D eigenvalue weighted by Crippen LogP contribution is -2.34. The van der Waals surface area contributed by atoms with E-state index in [1.807, 2.05) is 24.3 Å². The van der Waals surface area contributed by atoms with E-state index < -0.39 is 29.7 Å². The molecule has 1 heterocycles. The first-order chi connectivity index (χ1) is 19.5. The van der Waals surface area contributed by atoms with Crippen molar-refractivity contribution in [1.82, 2.24) is 0 Å². The van der Waals surface area contributed by atoms with Crippen LogP contribution in [-0.2, 0) is 22.2 Å². The van der Waals surface area contributed by atoms with Gasteiger partial charge in [0, 0.05) is 34.9 Å². The Kier molecular flexibility index (Phi) is 7.73. The highest BCUT2D eigenvalue weighted by atomic mass is 19.4. The van der Waals surface area contributed by atoms with Crippen molar-refractivity contribution in [3.05, 3.63) is 107 Å². The van der Waals surface area contributed by atoms with Gasteiger partial charge in [0.25, 0.3) is 5.91 Å². The van der Waals surface area contributed by atoms with Crippen molar-refractivity contribution in [3.63, 3.8) is 0 Å². The average molecular weight is 563 g/mol. The van der Waals surface area contributed by atoms with Crippen LogP contribution < -0.4 is 15.4 Å². The van der Waals surface area contributed by atoms with Gasteiger partial charge in [0.05, 0.1) is 12.2 Å². The average Bonchev–Trinajstić information content (AvgIpc) is 3.68. The Morgan fingerprint density at radius 2 is 1.73 bits per heavy atom. The molecule has 1 aliphatic carbocycles. The number of carbonyl (C=O) groups is 2. The zero-order valence-electron chi connectivity index (χ0n) is 22.3. The van der Waals surface area contributed by atoms with Crippen LogP contribution in [0.1, 0.15) is 42.0 Å². The van der Waals surface area contributed by atoms with E-state index in [1.165, 1.54) is 24.3 Å². The summed E-state index contributed by atoms with van der Waals surface area (Å²) in [6.07, 6.45) is 1.16. The Morgan fingerprint density at radius 3 is 2.37 bits per heavy atom. The fourth-order valence-electron chi connectivity index (χ4n) is 4.49. The van der Waals surface area contributed by atoms with Crippen LogP contribution in [0.25, 0.3) is 5.57 Å². The largest absolute Gasteiger partial charge is 0.493 e. The van der Waals surface area contributed by atoms with Gasteiger partial charge in [-0.3, -0.25) is 9.59 Å². The molecule has 3 aromatic carbocycles. The van der Waals surface area contributed by atoms with Crippen molar-refractivity contribution in [2.45, 2.75) is 38.5 Å². The molecule has 1 fully saturated rings. The number of halogens is 3. The van der Waals surface area contributed by atoms with E-state index in [0.717, 1.165) is 30.5 Å². The molecule has 0 aromatic heterocycles. The van der Waals surface area contributed by atoms with Crippen LogP contribution in [0.15, 0.2) is 85.0 Å². The summed E-state index contributed by atoms with van der Waals surface area (Å²) in [6, 6.07) is 17.2. The highest BCUT2D eigenvalue weighted by molar-refractivity contribution is 6.03. The molecular formula is C32H29F3N2O4. The van der Waals surface area contributed by atoms with Crippen molar-refractivity contribution in [2.24, 2.45) is 5.41 Å². The number of allylic oxidation sites excluding steroid dienone is 2. The first-order valence-corrected chi connectivity index (χ1v) is 13.2. The maximum absolute atomic E-state index is 13.1. The predicted octanol–water partition coefficient (Wildman–Crippen LogP) is 6.37. The summed E-state index contributed by atoms with van der Waals surface area (Å²) in [7, 11) is 0. The third-order valence-electron chi connectivity index (χ3n) is 7.28. The number of hydrogen-bond acceptors (Lipinski definition) is 4. The molecule has 41 heavy (non-hydrogen) atoms. The number of rotatable bonds is 8. The van der Waals surface area contributed by atoms with Crippen LogP contribution in [0, 0.1) is 5.41 Å². The first-order valence-electron chi connectivity index (χ1n) is 13.2. The third-order valence-corrected chi connectivity index (χ3v) is 7.28.